The number of methoxy groups -OCH3 is 1. The first-order chi connectivity index (χ1) is 11.1. The van der Waals surface area contributed by atoms with Crippen molar-refractivity contribution >= 4 is 22.0 Å². The maximum Gasteiger partial charge on any atom is 0.424 e. The van der Waals surface area contributed by atoms with Crippen molar-refractivity contribution in [2.24, 2.45) is 4.99 Å². The second-order valence-electron chi connectivity index (χ2n) is 4.43. The lowest BCUT2D eigenvalue weighted by Gasteiger charge is -2.13. The van der Waals surface area contributed by atoms with Crippen molar-refractivity contribution < 1.29 is 27.2 Å². The SMILES string of the molecule is CC/C=C(F)/C(=C(\N=C(/C)c1ccc([N+](=O)[O-])s1)OC)C(F)(F)F. The summed E-state index contributed by atoms with van der Waals surface area (Å²) in [5.41, 5.74) is -1.59. The molecule has 0 aromatic carbocycles. The molecular formula is C14H14F4N2O3S. The molecule has 0 fully saturated rings. The van der Waals surface area contributed by atoms with Crippen LogP contribution in [0.2, 0.25) is 0 Å². The van der Waals surface area contributed by atoms with E-state index in [0.29, 0.717) is 0 Å². The Morgan fingerprint density at radius 2 is 2.08 bits per heavy atom. The fraction of sp³-hybridized carbons (Fsp3) is 0.357. The summed E-state index contributed by atoms with van der Waals surface area (Å²) in [6.45, 7) is 2.84. The minimum absolute atomic E-state index is 0.0380. The van der Waals surface area contributed by atoms with Crippen molar-refractivity contribution in [1.29, 1.82) is 0 Å². The molecule has 0 atom stereocenters. The zero-order chi connectivity index (χ0) is 18.5. The molecule has 1 heterocycles. The van der Waals surface area contributed by atoms with E-state index in [1.54, 1.807) is 0 Å². The van der Waals surface area contributed by atoms with Crippen LogP contribution < -0.4 is 0 Å². The highest BCUT2D eigenvalue weighted by Gasteiger charge is 2.40. The first-order valence-corrected chi connectivity index (χ1v) is 7.44. The van der Waals surface area contributed by atoms with Gasteiger partial charge in [0, 0.05) is 6.07 Å². The number of hydrogen-bond acceptors (Lipinski definition) is 5. The molecule has 0 amide bonds. The molecule has 0 spiro atoms. The average Bonchev–Trinajstić information content (AvgIpc) is 2.95. The van der Waals surface area contributed by atoms with Gasteiger partial charge in [0.1, 0.15) is 5.83 Å². The van der Waals surface area contributed by atoms with Gasteiger partial charge in [0.05, 0.1) is 22.6 Å². The molecule has 0 bridgehead atoms. The van der Waals surface area contributed by atoms with Gasteiger partial charge in [-0.15, -0.1) is 0 Å². The van der Waals surface area contributed by atoms with Crippen LogP contribution in [0.15, 0.2) is 40.5 Å². The number of nitrogens with zero attached hydrogens (tertiary/aromatic N) is 2. The summed E-state index contributed by atoms with van der Waals surface area (Å²) >= 11 is 0.742. The fourth-order valence-electron chi connectivity index (χ4n) is 1.67. The smallest absolute Gasteiger partial charge is 0.424 e. The van der Waals surface area contributed by atoms with Crippen LogP contribution in [0.3, 0.4) is 0 Å². The molecule has 1 aromatic heterocycles. The minimum Gasteiger partial charge on any atom is -0.480 e. The molecule has 0 aliphatic rings. The summed E-state index contributed by atoms with van der Waals surface area (Å²) in [5, 5.41) is 10.5. The van der Waals surface area contributed by atoms with Crippen LogP contribution in [-0.2, 0) is 4.74 Å². The molecule has 132 valence electrons. The highest BCUT2D eigenvalue weighted by atomic mass is 32.1. The van der Waals surface area contributed by atoms with Gasteiger partial charge >= 0.3 is 11.2 Å². The predicted octanol–water partition coefficient (Wildman–Crippen LogP) is 5.15. The second-order valence-corrected chi connectivity index (χ2v) is 5.50. The summed E-state index contributed by atoms with van der Waals surface area (Å²) in [6.07, 6.45) is -4.18. The van der Waals surface area contributed by atoms with E-state index in [2.05, 4.69) is 9.73 Å². The lowest BCUT2D eigenvalue weighted by atomic mass is 10.2. The van der Waals surface area contributed by atoms with Crippen molar-refractivity contribution in [3.8, 4) is 0 Å². The molecule has 0 unspecified atom stereocenters. The van der Waals surface area contributed by atoms with Crippen LogP contribution >= 0.6 is 11.3 Å². The minimum atomic E-state index is -5.01. The number of allylic oxidation sites excluding steroid dienone is 3. The fourth-order valence-corrected chi connectivity index (χ4v) is 2.44. The first kappa shape index (κ1) is 19.8. The first-order valence-electron chi connectivity index (χ1n) is 6.63. The predicted molar refractivity (Wildman–Crippen MR) is 82.8 cm³/mol. The van der Waals surface area contributed by atoms with Gasteiger partial charge in [-0.1, -0.05) is 18.3 Å². The topological polar surface area (TPSA) is 64.7 Å². The number of alkyl halides is 3. The molecule has 0 saturated carbocycles. The van der Waals surface area contributed by atoms with Crippen molar-refractivity contribution in [1.82, 2.24) is 0 Å². The Balaban J connectivity index is 3.43. The van der Waals surface area contributed by atoms with Gasteiger partial charge < -0.3 is 4.74 Å². The van der Waals surface area contributed by atoms with Crippen LogP contribution in [0.5, 0.6) is 0 Å². The maximum atomic E-state index is 13.8. The van der Waals surface area contributed by atoms with Crippen LogP contribution in [0.25, 0.3) is 0 Å². The summed E-state index contributed by atoms with van der Waals surface area (Å²) in [6, 6.07) is 2.55. The van der Waals surface area contributed by atoms with E-state index >= 15 is 0 Å². The number of rotatable bonds is 6. The van der Waals surface area contributed by atoms with E-state index in [1.165, 1.54) is 26.0 Å². The lowest BCUT2D eigenvalue weighted by molar-refractivity contribution is -0.380. The molecule has 5 nitrogen and oxygen atoms in total. The molecule has 0 N–H and O–H groups in total. The summed E-state index contributed by atoms with van der Waals surface area (Å²) in [7, 11) is 0.938. The van der Waals surface area contributed by atoms with Gasteiger partial charge in [-0.05, 0) is 25.5 Å². The van der Waals surface area contributed by atoms with Crippen molar-refractivity contribution in [3.05, 3.63) is 50.5 Å². The monoisotopic (exact) mass is 366 g/mol. The van der Waals surface area contributed by atoms with Crippen LogP contribution in [0, 0.1) is 10.1 Å². The Hall–Kier alpha value is -2.23. The molecule has 0 aliphatic carbocycles. The van der Waals surface area contributed by atoms with Gasteiger partial charge in [-0.2, -0.15) is 13.2 Å². The lowest BCUT2D eigenvalue weighted by Crippen LogP contribution is -2.16. The number of aliphatic imine (C=N–C) groups is 1. The molecule has 0 radical (unpaired) electrons. The average molecular weight is 366 g/mol. The highest BCUT2D eigenvalue weighted by molar-refractivity contribution is 7.17. The maximum absolute atomic E-state index is 13.8. The van der Waals surface area contributed by atoms with Gasteiger partial charge in [-0.25, -0.2) is 9.38 Å². The number of halogens is 4. The normalized spacial score (nSPS) is 14.5. The Morgan fingerprint density at radius 3 is 2.50 bits per heavy atom. The largest absolute Gasteiger partial charge is 0.480 e. The highest BCUT2D eigenvalue weighted by Crippen LogP contribution is 2.36. The molecule has 24 heavy (non-hydrogen) atoms. The van der Waals surface area contributed by atoms with Crippen molar-refractivity contribution in [3.63, 3.8) is 0 Å². The Bertz CT molecular complexity index is 705. The zero-order valence-electron chi connectivity index (χ0n) is 13.0. The van der Waals surface area contributed by atoms with E-state index in [1.807, 2.05) is 0 Å². The van der Waals surface area contributed by atoms with Crippen LogP contribution in [0.1, 0.15) is 25.1 Å². The van der Waals surface area contributed by atoms with Crippen molar-refractivity contribution in [2.45, 2.75) is 26.4 Å². The standard InChI is InChI=1S/C14H14F4N2O3S/c1-4-5-9(15)12(14(16,17)18)13(23-3)19-8(2)10-6-7-11(24-10)20(21)22/h5-7H,4H2,1-3H3/b9-5-,13-12-,19-8+. The van der Waals surface area contributed by atoms with Gasteiger partial charge in [0.25, 0.3) is 0 Å². The Labute approximate surface area is 139 Å². The Morgan fingerprint density at radius 1 is 1.46 bits per heavy atom. The quantitative estimate of drug-likeness (QED) is 0.175. The third kappa shape index (κ3) is 4.88. The third-order valence-electron chi connectivity index (χ3n) is 2.71. The second kappa shape index (κ2) is 8.04. The number of hydrogen-bond donors (Lipinski definition) is 0. The molecule has 1 rings (SSSR count). The van der Waals surface area contributed by atoms with E-state index in [0.717, 1.165) is 24.5 Å². The van der Waals surface area contributed by atoms with Crippen LogP contribution in [0.4, 0.5) is 22.6 Å². The van der Waals surface area contributed by atoms with E-state index in [-0.39, 0.29) is 22.0 Å². The van der Waals surface area contributed by atoms with E-state index < -0.39 is 28.4 Å². The Kier molecular flexibility index (Phi) is 6.64. The number of nitro groups is 1. The summed E-state index contributed by atoms with van der Waals surface area (Å²) in [5.74, 6) is -2.44. The summed E-state index contributed by atoms with van der Waals surface area (Å²) in [4.78, 5) is 14.0. The van der Waals surface area contributed by atoms with Gasteiger partial charge in [-0.3, -0.25) is 10.1 Å². The van der Waals surface area contributed by atoms with Gasteiger partial charge in [0.15, 0.2) is 5.57 Å². The molecule has 0 aliphatic heterocycles. The molecule has 0 saturated heterocycles. The molecular weight excluding hydrogens is 352 g/mol. The van der Waals surface area contributed by atoms with Crippen LogP contribution in [-0.4, -0.2) is 23.9 Å². The van der Waals surface area contributed by atoms with E-state index in [4.69, 9.17) is 0 Å². The summed E-state index contributed by atoms with van der Waals surface area (Å²) < 4.78 is 57.8. The van der Waals surface area contributed by atoms with E-state index in [9.17, 15) is 27.7 Å². The number of ether oxygens (including phenoxy) is 1. The zero-order valence-corrected chi connectivity index (χ0v) is 13.8. The third-order valence-corrected chi connectivity index (χ3v) is 3.86. The molecule has 1 aromatic rings. The number of thiophene rings is 1. The van der Waals surface area contributed by atoms with Gasteiger partial charge in [0.2, 0.25) is 5.88 Å². The van der Waals surface area contributed by atoms with Crippen molar-refractivity contribution in [2.75, 3.05) is 7.11 Å². The molecule has 10 heteroatoms.